The number of esters is 1. The maximum absolute atomic E-state index is 12.5. The van der Waals surface area contributed by atoms with Gasteiger partial charge >= 0.3 is 11.9 Å². The Bertz CT molecular complexity index is 1290. The summed E-state index contributed by atoms with van der Waals surface area (Å²) in [7, 11) is 0. The summed E-state index contributed by atoms with van der Waals surface area (Å²) < 4.78 is 11.4. The van der Waals surface area contributed by atoms with Crippen molar-refractivity contribution in [2.75, 3.05) is 18.5 Å². The van der Waals surface area contributed by atoms with E-state index in [0.29, 0.717) is 41.7 Å². The van der Waals surface area contributed by atoms with Gasteiger partial charge in [-0.15, -0.1) is 0 Å². The third-order valence-electron chi connectivity index (χ3n) is 6.98. The van der Waals surface area contributed by atoms with E-state index in [1.807, 2.05) is 37.3 Å². The molecule has 1 aliphatic rings. The molecule has 0 saturated heterocycles. The van der Waals surface area contributed by atoms with Crippen LogP contribution in [0.3, 0.4) is 0 Å². The lowest BCUT2D eigenvalue weighted by molar-refractivity contribution is -0.137. The molecule has 4 rings (SSSR count). The van der Waals surface area contributed by atoms with E-state index >= 15 is 0 Å². The van der Waals surface area contributed by atoms with Crippen molar-refractivity contribution in [3.63, 3.8) is 0 Å². The van der Waals surface area contributed by atoms with Gasteiger partial charge in [-0.25, -0.2) is 9.59 Å². The van der Waals surface area contributed by atoms with E-state index in [1.165, 1.54) is 0 Å². The van der Waals surface area contributed by atoms with Gasteiger partial charge in [0.05, 0.1) is 23.9 Å². The summed E-state index contributed by atoms with van der Waals surface area (Å²) in [6, 6.07) is 21.8. The summed E-state index contributed by atoms with van der Waals surface area (Å²) in [5.74, 6) is 0.216. The second-order valence-corrected chi connectivity index (χ2v) is 10.3. The molecule has 2 atom stereocenters. The highest BCUT2D eigenvalue weighted by atomic mass is 16.5. The monoisotopic (exact) mass is 558 g/mol. The maximum Gasteiger partial charge on any atom is 0.343 e. The minimum Gasteiger partial charge on any atom is -0.494 e. The van der Waals surface area contributed by atoms with Gasteiger partial charge in [0, 0.05) is 12.8 Å². The van der Waals surface area contributed by atoms with Crippen molar-refractivity contribution in [1.82, 2.24) is 5.32 Å². The van der Waals surface area contributed by atoms with Gasteiger partial charge in [0.2, 0.25) is 0 Å². The van der Waals surface area contributed by atoms with Crippen molar-refractivity contribution < 1.29 is 29.0 Å². The van der Waals surface area contributed by atoms with Crippen LogP contribution in [0.4, 0.5) is 5.69 Å². The number of benzene rings is 3. The lowest BCUT2D eigenvalue weighted by Crippen LogP contribution is -2.39. The molecule has 0 aromatic heterocycles. The lowest BCUT2D eigenvalue weighted by atomic mass is 10.0. The van der Waals surface area contributed by atoms with Crippen LogP contribution in [-0.2, 0) is 16.0 Å². The van der Waals surface area contributed by atoms with Crippen LogP contribution in [0.25, 0.3) is 0 Å². The Kier molecular flexibility index (Phi) is 10.9. The zero-order valence-corrected chi connectivity index (χ0v) is 23.4. The SMILES string of the molecule is CCCC(=O)C(NCCCOc1ccc(CC(Nc2ccccc2OC(=O)c2ccccc2)C(=O)O)cc1)C1CC1. The van der Waals surface area contributed by atoms with Crippen molar-refractivity contribution >= 4 is 23.4 Å². The Morgan fingerprint density at radius 3 is 2.34 bits per heavy atom. The molecule has 3 aromatic carbocycles. The Balaban J connectivity index is 1.27. The zero-order chi connectivity index (χ0) is 29.0. The molecular weight excluding hydrogens is 520 g/mol. The minimum absolute atomic E-state index is 0.0205. The normalized spacial score (nSPS) is 14.1. The number of ether oxygens (including phenoxy) is 2. The first-order valence-electron chi connectivity index (χ1n) is 14.3. The molecule has 3 aromatic rings. The molecule has 0 spiro atoms. The molecule has 1 aliphatic carbocycles. The van der Waals surface area contributed by atoms with Gasteiger partial charge in [-0.3, -0.25) is 4.79 Å². The number of ketones is 1. The smallest absolute Gasteiger partial charge is 0.343 e. The topological polar surface area (TPSA) is 114 Å². The van der Waals surface area contributed by atoms with E-state index in [0.717, 1.165) is 37.8 Å². The van der Waals surface area contributed by atoms with Gasteiger partial charge in [-0.2, -0.15) is 0 Å². The van der Waals surface area contributed by atoms with Crippen LogP contribution in [0.2, 0.25) is 0 Å². The number of rotatable bonds is 17. The first-order chi connectivity index (χ1) is 19.9. The number of hydrogen-bond donors (Lipinski definition) is 3. The first kappa shape index (κ1) is 29.8. The molecule has 2 unspecified atom stereocenters. The summed E-state index contributed by atoms with van der Waals surface area (Å²) in [5.41, 5.74) is 1.64. The molecule has 8 heteroatoms. The fourth-order valence-electron chi connectivity index (χ4n) is 4.65. The molecule has 3 N–H and O–H groups in total. The van der Waals surface area contributed by atoms with Crippen LogP contribution < -0.4 is 20.1 Å². The summed E-state index contributed by atoms with van der Waals surface area (Å²) in [6.45, 7) is 3.27. The van der Waals surface area contributed by atoms with Crippen LogP contribution >= 0.6 is 0 Å². The van der Waals surface area contributed by atoms with Crippen molar-refractivity contribution in [1.29, 1.82) is 0 Å². The van der Waals surface area contributed by atoms with Gasteiger partial charge in [-0.1, -0.05) is 49.4 Å². The third-order valence-corrected chi connectivity index (χ3v) is 6.98. The van der Waals surface area contributed by atoms with Crippen LogP contribution in [0, 0.1) is 5.92 Å². The number of para-hydroxylation sites is 2. The number of Topliss-reactive ketones (excluding diaryl/α,β-unsaturated/α-hetero) is 1. The second kappa shape index (κ2) is 15.0. The van der Waals surface area contributed by atoms with E-state index in [1.54, 1.807) is 48.5 Å². The molecule has 1 fully saturated rings. The molecule has 0 amide bonds. The molecule has 8 nitrogen and oxygen atoms in total. The van der Waals surface area contributed by atoms with Gasteiger partial charge < -0.3 is 25.2 Å². The molecular formula is C33H38N2O6. The van der Waals surface area contributed by atoms with Crippen LogP contribution in [-0.4, -0.2) is 48.1 Å². The number of hydrogen-bond acceptors (Lipinski definition) is 7. The number of carbonyl (C=O) groups is 3. The molecule has 41 heavy (non-hydrogen) atoms. The summed E-state index contributed by atoms with van der Waals surface area (Å²) in [4.78, 5) is 36.9. The van der Waals surface area contributed by atoms with E-state index in [9.17, 15) is 19.5 Å². The molecule has 0 heterocycles. The largest absolute Gasteiger partial charge is 0.494 e. The predicted molar refractivity (Wildman–Crippen MR) is 158 cm³/mol. The van der Waals surface area contributed by atoms with E-state index in [-0.39, 0.29) is 18.2 Å². The van der Waals surface area contributed by atoms with Gasteiger partial charge in [0.1, 0.15) is 17.6 Å². The van der Waals surface area contributed by atoms with Crippen LogP contribution in [0.1, 0.15) is 54.9 Å². The molecule has 1 saturated carbocycles. The fourth-order valence-corrected chi connectivity index (χ4v) is 4.65. The predicted octanol–water partition coefficient (Wildman–Crippen LogP) is 5.52. The maximum atomic E-state index is 12.5. The average Bonchev–Trinajstić information content (AvgIpc) is 3.82. The summed E-state index contributed by atoms with van der Waals surface area (Å²) in [6.07, 6.45) is 4.76. The van der Waals surface area contributed by atoms with E-state index in [2.05, 4.69) is 10.6 Å². The second-order valence-electron chi connectivity index (χ2n) is 10.3. The summed E-state index contributed by atoms with van der Waals surface area (Å²) in [5, 5.41) is 16.3. The number of carboxylic acids is 1. The summed E-state index contributed by atoms with van der Waals surface area (Å²) >= 11 is 0. The van der Waals surface area contributed by atoms with Crippen LogP contribution in [0.5, 0.6) is 11.5 Å². The Morgan fingerprint density at radius 1 is 0.951 bits per heavy atom. The van der Waals surface area contributed by atoms with E-state index in [4.69, 9.17) is 9.47 Å². The van der Waals surface area contributed by atoms with Crippen LogP contribution in [0.15, 0.2) is 78.9 Å². The Hall–Kier alpha value is -4.17. The number of carbonyl (C=O) groups excluding carboxylic acids is 2. The number of nitrogens with one attached hydrogen (secondary N) is 2. The number of aliphatic carboxylic acids is 1. The third kappa shape index (κ3) is 9.18. The molecule has 0 radical (unpaired) electrons. The first-order valence-corrected chi connectivity index (χ1v) is 14.3. The minimum atomic E-state index is -1.02. The zero-order valence-electron chi connectivity index (χ0n) is 23.4. The van der Waals surface area contributed by atoms with Gasteiger partial charge in [0.15, 0.2) is 5.75 Å². The van der Waals surface area contributed by atoms with Crippen molar-refractivity contribution in [3.8, 4) is 11.5 Å². The quantitative estimate of drug-likeness (QED) is 0.113. The molecule has 0 aliphatic heterocycles. The molecule has 0 bridgehead atoms. The average molecular weight is 559 g/mol. The number of carboxylic acid groups (broad SMARTS) is 1. The Labute approximate surface area is 241 Å². The van der Waals surface area contributed by atoms with E-state index < -0.39 is 18.0 Å². The van der Waals surface area contributed by atoms with Gasteiger partial charge in [-0.05, 0) is 80.1 Å². The van der Waals surface area contributed by atoms with Gasteiger partial charge in [0.25, 0.3) is 0 Å². The van der Waals surface area contributed by atoms with Crippen molar-refractivity contribution in [2.45, 2.75) is 57.5 Å². The highest BCUT2D eigenvalue weighted by molar-refractivity contribution is 5.92. The fraction of sp³-hybridized carbons (Fsp3) is 0.364. The molecule has 216 valence electrons. The standard InChI is InChI=1S/C33H38N2O6/c1-2-9-29(36)31(24-16-17-24)34-20-8-21-40-26-18-14-23(15-19-26)22-28(32(37)38)35-27-12-6-7-13-30(27)41-33(39)25-10-4-3-5-11-25/h3-7,10-15,18-19,24,28,31,34-35H,2,8-9,16-17,20-22H2,1H3,(H,37,38). The van der Waals surface area contributed by atoms with Crippen molar-refractivity contribution in [3.05, 3.63) is 90.0 Å². The van der Waals surface area contributed by atoms with Crippen molar-refractivity contribution in [2.24, 2.45) is 5.92 Å². The number of anilines is 1. The highest BCUT2D eigenvalue weighted by Gasteiger charge is 2.34. The highest BCUT2D eigenvalue weighted by Crippen LogP contribution is 2.33. The lowest BCUT2D eigenvalue weighted by Gasteiger charge is -2.18. The Morgan fingerprint density at radius 2 is 1.66 bits per heavy atom.